The molecule has 0 aromatic heterocycles. The summed E-state index contributed by atoms with van der Waals surface area (Å²) in [5.41, 5.74) is 7.65. The second kappa shape index (κ2) is 6.26. The van der Waals surface area contributed by atoms with Gasteiger partial charge >= 0.3 is 0 Å². The van der Waals surface area contributed by atoms with Gasteiger partial charge in [-0.05, 0) is 37.8 Å². The van der Waals surface area contributed by atoms with E-state index in [0.29, 0.717) is 24.4 Å². The number of rotatable bonds is 4. The van der Waals surface area contributed by atoms with Gasteiger partial charge in [-0.1, -0.05) is 18.2 Å². The lowest BCUT2D eigenvalue weighted by molar-refractivity contribution is -0.136. The second-order valence-corrected chi connectivity index (χ2v) is 6.50. The Kier molecular flexibility index (Phi) is 4.36. The first kappa shape index (κ1) is 15.3. The number of benzene rings is 1. The summed E-state index contributed by atoms with van der Waals surface area (Å²) >= 11 is 0. The van der Waals surface area contributed by atoms with E-state index < -0.39 is 0 Å². The highest BCUT2D eigenvalue weighted by Crippen LogP contribution is 2.29. The Morgan fingerprint density at radius 1 is 1.27 bits per heavy atom. The van der Waals surface area contributed by atoms with Crippen LogP contribution in [0.3, 0.4) is 0 Å². The van der Waals surface area contributed by atoms with E-state index in [2.05, 4.69) is 24.7 Å². The van der Waals surface area contributed by atoms with Crippen LogP contribution in [0.2, 0.25) is 0 Å². The van der Waals surface area contributed by atoms with Crippen molar-refractivity contribution < 1.29 is 9.53 Å². The van der Waals surface area contributed by atoms with Crippen molar-refractivity contribution in [2.45, 2.75) is 44.9 Å². The lowest BCUT2D eigenvalue weighted by Gasteiger charge is -2.24. The van der Waals surface area contributed by atoms with Crippen LogP contribution < -0.4 is 15.6 Å². The first-order valence-corrected chi connectivity index (χ1v) is 8.07. The maximum Gasteiger partial charge on any atom is 0.263 e. The number of nitrogens with zero attached hydrogens (tertiary/aromatic N) is 1. The van der Waals surface area contributed by atoms with Crippen molar-refractivity contribution >= 4 is 5.91 Å². The second-order valence-electron chi connectivity index (χ2n) is 6.50. The maximum absolute atomic E-state index is 12.6. The molecule has 5 nitrogen and oxygen atoms in total. The highest BCUT2D eigenvalue weighted by Gasteiger charge is 2.33. The predicted molar refractivity (Wildman–Crippen MR) is 85.5 cm³/mol. The lowest BCUT2D eigenvalue weighted by Crippen LogP contribution is -2.40. The molecule has 2 heterocycles. The van der Waals surface area contributed by atoms with Crippen LogP contribution in [0.4, 0.5) is 0 Å². The van der Waals surface area contributed by atoms with Crippen LogP contribution >= 0.6 is 0 Å². The fourth-order valence-corrected chi connectivity index (χ4v) is 3.43. The van der Waals surface area contributed by atoms with Crippen LogP contribution in [-0.2, 0) is 11.2 Å². The van der Waals surface area contributed by atoms with Crippen LogP contribution in [0.15, 0.2) is 24.3 Å². The van der Waals surface area contributed by atoms with E-state index in [-0.39, 0.29) is 12.0 Å². The molecule has 0 saturated carbocycles. The van der Waals surface area contributed by atoms with Gasteiger partial charge in [0, 0.05) is 32.1 Å². The van der Waals surface area contributed by atoms with Gasteiger partial charge in [-0.2, -0.15) is 0 Å². The minimum Gasteiger partial charge on any atom is -0.480 e. The zero-order valence-electron chi connectivity index (χ0n) is 13.5. The number of hydrogen-bond acceptors (Lipinski definition) is 4. The van der Waals surface area contributed by atoms with Crippen LogP contribution in [0, 0.1) is 5.92 Å². The number of ether oxygens (including phenoxy) is 1. The molecule has 2 aliphatic heterocycles. The summed E-state index contributed by atoms with van der Waals surface area (Å²) in [6, 6.07) is 8.76. The number of carbonyl (C=O) groups excluding carboxylic acids is 1. The molecule has 3 rings (SSSR count). The maximum atomic E-state index is 12.6. The van der Waals surface area contributed by atoms with Gasteiger partial charge in [0.25, 0.3) is 5.91 Å². The molecular weight excluding hydrogens is 278 g/mol. The predicted octanol–water partition coefficient (Wildman–Crippen LogP) is 1.34. The van der Waals surface area contributed by atoms with E-state index in [0.717, 1.165) is 24.3 Å². The molecule has 2 aliphatic rings. The normalized spacial score (nSPS) is 30.0. The fourth-order valence-electron chi connectivity index (χ4n) is 3.43. The molecule has 5 heteroatoms. The molecule has 1 saturated heterocycles. The molecule has 0 aliphatic carbocycles. The monoisotopic (exact) mass is 303 g/mol. The zero-order chi connectivity index (χ0) is 15.7. The SMILES string of the molecule is CC1NNC(C)C1CCN(C)C(=O)C1Cc2ccccc2O1. The van der Waals surface area contributed by atoms with Crippen LogP contribution in [0.5, 0.6) is 5.75 Å². The number of amides is 1. The third-order valence-corrected chi connectivity index (χ3v) is 4.92. The zero-order valence-corrected chi connectivity index (χ0v) is 13.5. The van der Waals surface area contributed by atoms with Gasteiger partial charge < -0.3 is 9.64 Å². The highest BCUT2D eigenvalue weighted by atomic mass is 16.5. The molecule has 22 heavy (non-hydrogen) atoms. The van der Waals surface area contributed by atoms with Gasteiger partial charge in [0.1, 0.15) is 5.75 Å². The Labute approximate surface area is 132 Å². The molecule has 1 aromatic rings. The first-order chi connectivity index (χ1) is 10.6. The highest BCUT2D eigenvalue weighted by molar-refractivity contribution is 5.82. The Morgan fingerprint density at radius 2 is 1.95 bits per heavy atom. The molecule has 2 N–H and O–H groups in total. The summed E-state index contributed by atoms with van der Waals surface area (Å²) in [4.78, 5) is 14.4. The summed E-state index contributed by atoms with van der Waals surface area (Å²) in [5, 5.41) is 0. The number of carbonyl (C=O) groups is 1. The van der Waals surface area contributed by atoms with Crippen molar-refractivity contribution in [1.29, 1.82) is 0 Å². The minimum atomic E-state index is -0.364. The van der Waals surface area contributed by atoms with Crippen LogP contribution in [0.25, 0.3) is 0 Å². The Hall–Kier alpha value is -1.59. The minimum absolute atomic E-state index is 0.0791. The average molecular weight is 303 g/mol. The summed E-state index contributed by atoms with van der Waals surface area (Å²) in [6.07, 6.45) is 1.31. The van der Waals surface area contributed by atoms with Crippen molar-refractivity contribution in [3.63, 3.8) is 0 Å². The van der Waals surface area contributed by atoms with E-state index in [4.69, 9.17) is 4.74 Å². The van der Waals surface area contributed by atoms with E-state index >= 15 is 0 Å². The Balaban J connectivity index is 1.53. The summed E-state index contributed by atoms with van der Waals surface area (Å²) < 4.78 is 5.79. The summed E-state index contributed by atoms with van der Waals surface area (Å²) in [5.74, 6) is 1.47. The van der Waals surface area contributed by atoms with Gasteiger partial charge in [-0.25, -0.2) is 0 Å². The quantitative estimate of drug-likeness (QED) is 0.881. The number of hydrogen-bond donors (Lipinski definition) is 2. The molecule has 0 bridgehead atoms. The Morgan fingerprint density at radius 3 is 2.64 bits per heavy atom. The molecule has 3 atom stereocenters. The van der Waals surface area contributed by atoms with Gasteiger partial charge in [0.2, 0.25) is 0 Å². The number of hydrazine groups is 1. The van der Waals surface area contributed by atoms with Crippen molar-refractivity contribution in [1.82, 2.24) is 15.8 Å². The van der Waals surface area contributed by atoms with E-state index in [1.54, 1.807) is 0 Å². The van der Waals surface area contributed by atoms with Gasteiger partial charge in [0.15, 0.2) is 6.10 Å². The van der Waals surface area contributed by atoms with Crippen molar-refractivity contribution in [3.05, 3.63) is 29.8 Å². The summed E-state index contributed by atoms with van der Waals surface area (Å²) in [6.45, 7) is 5.12. The molecular formula is C17H25N3O2. The third kappa shape index (κ3) is 2.96. The van der Waals surface area contributed by atoms with Crippen LogP contribution in [0.1, 0.15) is 25.8 Å². The molecule has 0 spiro atoms. The van der Waals surface area contributed by atoms with Crippen LogP contribution in [-0.4, -0.2) is 42.6 Å². The largest absolute Gasteiger partial charge is 0.480 e. The average Bonchev–Trinajstić information content (AvgIpc) is 3.08. The van der Waals surface area contributed by atoms with E-state index in [1.807, 2.05) is 36.2 Å². The van der Waals surface area contributed by atoms with Gasteiger partial charge in [-0.3, -0.25) is 15.6 Å². The fraction of sp³-hybridized carbons (Fsp3) is 0.588. The molecule has 1 fully saturated rings. The molecule has 3 unspecified atom stereocenters. The third-order valence-electron chi connectivity index (χ3n) is 4.92. The van der Waals surface area contributed by atoms with E-state index in [9.17, 15) is 4.79 Å². The van der Waals surface area contributed by atoms with Gasteiger partial charge in [-0.15, -0.1) is 0 Å². The van der Waals surface area contributed by atoms with Gasteiger partial charge in [0.05, 0.1) is 0 Å². The standard InChI is InChI=1S/C17H25N3O2/c1-11-14(12(2)19-18-11)8-9-20(3)17(21)16-10-13-6-4-5-7-15(13)22-16/h4-7,11-12,14,16,18-19H,8-10H2,1-3H3. The number of para-hydroxylation sites is 1. The first-order valence-electron chi connectivity index (χ1n) is 8.07. The van der Waals surface area contributed by atoms with Crippen molar-refractivity contribution in [3.8, 4) is 5.75 Å². The number of fused-ring (bicyclic) bond motifs is 1. The smallest absolute Gasteiger partial charge is 0.263 e. The Bertz CT molecular complexity index is 513. The van der Waals surface area contributed by atoms with E-state index in [1.165, 1.54) is 0 Å². The summed E-state index contributed by atoms with van der Waals surface area (Å²) in [7, 11) is 1.87. The molecule has 120 valence electrons. The molecule has 0 radical (unpaired) electrons. The number of likely N-dealkylation sites (N-methyl/N-ethyl adjacent to an activating group) is 1. The van der Waals surface area contributed by atoms with Crippen molar-refractivity contribution in [2.75, 3.05) is 13.6 Å². The topological polar surface area (TPSA) is 53.6 Å². The molecule has 1 aromatic carbocycles. The molecule has 1 amide bonds. The number of nitrogens with one attached hydrogen (secondary N) is 2. The van der Waals surface area contributed by atoms with Crippen molar-refractivity contribution in [2.24, 2.45) is 5.92 Å². The lowest BCUT2D eigenvalue weighted by atomic mass is 9.93.